The largest absolute Gasteiger partial charge is 0.291 e. The molecule has 0 saturated carbocycles. The number of imidazole rings is 1. The summed E-state index contributed by atoms with van der Waals surface area (Å²) in [6, 6.07) is 34.0. The lowest BCUT2D eigenvalue weighted by atomic mass is 9.66. The normalized spacial score (nSPS) is 15.6. The van der Waals surface area contributed by atoms with Gasteiger partial charge in [0, 0.05) is 21.0 Å². The number of rotatable bonds is 3. The molecule has 0 spiro atoms. The Hall–Kier alpha value is -3.69. The summed E-state index contributed by atoms with van der Waals surface area (Å²) >= 11 is 3.87. The Labute approximate surface area is 283 Å². The summed E-state index contributed by atoms with van der Waals surface area (Å²) < 4.78 is 3.52. The van der Waals surface area contributed by atoms with Gasteiger partial charge in [0.05, 0.1) is 16.7 Å². The van der Waals surface area contributed by atoms with E-state index in [1.807, 2.05) is 0 Å². The second-order valence-electron chi connectivity index (χ2n) is 16.4. The molecule has 1 heterocycles. The van der Waals surface area contributed by atoms with E-state index in [1.54, 1.807) is 0 Å². The van der Waals surface area contributed by atoms with Gasteiger partial charge >= 0.3 is 0 Å². The van der Waals surface area contributed by atoms with Crippen molar-refractivity contribution < 1.29 is 0 Å². The van der Waals surface area contributed by atoms with Gasteiger partial charge in [0.15, 0.2) is 0 Å². The van der Waals surface area contributed by atoms with Crippen LogP contribution in [0.1, 0.15) is 91.5 Å². The summed E-state index contributed by atoms with van der Waals surface area (Å²) in [6.45, 7) is 23.3. The molecule has 234 valence electrons. The molecule has 0 radical (unpaired) electrons. The Morgan fingerprint density at radius 2 is 1.30 bits per heavy atom. The minimum atomic E-state index is -0.0359. The third kappa shape index (κ3) is 4.60. The van der Waals surface area contributed by atoms with Crippen LogP contribution >= 0.6 is 15.9 Å². The van der Waals surface area contributed by atoms with Crippen LogP contribution in [0.3, 0.4) is 0 Å². The van der Waals surface area contributed by atoms with E-state index in [9.17, 15) is 0 Å². The quantitative estimate of drug-likeness (QED) is 0.183. The lowest BCUT2D eigenvalue weighted by molar-refractivity contribution is 0.322. The van der Waals surface area contributed by atoms with E-state index in [1.165, 1.54) is 49.7 Å². The van der Waals surface area contributed by atoms with Crippen molar-refractivity contribution in [1.82, 2.24) is 9.55 Å². The van der Waals surface area contributed by atoms with E-state index in [0.29, 0.717) is 0 Å². The van der Waals surface area contributed by atoms with E-state index in [-0.39, 0.29) is 21.7 Å². The van der Waals surface area contributed by atoms with Gasteiger partial charge in [0.25, 0.3) is 0 Å². The maximum atomic E-state index is 5.57. The molecule has 3 heteroatoms. The Balaban J connectivity index is 1.67. The van der Waals surface area contributed by atoms with Crippen molar-refractivity contribution in [1.29, 1.82) is 0 Å². The molecule has 0 aliphatic heterocycles. The van der Waals surface area contributed by atoms with Gasteiger partial charge in [0.1, 0.15) is 5.82 Å². The highest BCUT2D eigenvalue weighted by molar-refractivity contribution is 9.10. The Kier molecular flexibility index (Phi) is 6.83. The van der Waals surface area contributed by atoms with Gasteiger partial charge in [-0.25, -0.2) is 4.98 Å². The van der Waals surface area contributed by atoms with Crippen molar-refractivity contribution in [3.8, 4) is 28.2 Å². The molecule has 7 rings (SSSR count). The van der Waals surface area contributed by atoms with Gasteiger partial charge in [-0.3, -0.25) is 4.57 Å². The fourth-order valence-electron chi connectivity index (χ4n) is 7.36. The molecule has 0 unspecified atom stereocenters. The van der Waals surface area contributed by atoms with E-state index in [2.05, 4.69) is 181 Å². The fourth-order valence-corrected chi connectivity index (χ4v) is 7.85. The van der Waals surface area contributed by atoms with E-state index in [4.69, 9.17) is 4.98 Å². The second-order valence-corrected chi connectivity index (χ2v) is 17.3. The predicted molar refractivity (Wildman–Crippen MR) is 201 cm³/mol. The standard InChI is InChI=1S/C43H45BrN2/c1-40(2,3)28-19-20-36(32(24-28)26-15-12-11-13-16-26)46-38-31-17-14-18-33-37(31)34(43(9,10)42(33,7)8)25-35(38)45-39(46)27-21-29(41(4,5)6)23-30(44)22-27/h11-25H,1-10H3. The van der Waals surface area contributed by atoms with Gasteiger partial charge in [-0.15, -0.1) is 0 Å². The number of hydrogen-bond acceptors (Lipinski definition) is 1. The first-order valence-corrected chi connectivity index (χ1v) is 17.3. The number of hydrogen-bond donors (Lipinski definition) is 0. The molecule has 6 aromatic rings. The van der Waals surface area contributed by atoms with Gasteiger partial charge in [-0.1, -0.05) is 140 Å². The molecule has 2 nitrogen and oxygen atoms in total. The molecule has 0 saturated heterocycles. The van der Waals surface area contributed by atoms with Crippen LogP contribution in [0.25, 0.3) is 50.0 Å². The average molecular weight is 670 g/mol. The highest BCUT2D eigenvalue weighted by atomic mass is 79.9. The lowest BCUT2D eigenvalue weighted by Gasteiger charge is -2.37. The summed E-state index contributed by atoms with van der Waals surface area (Å²) in [7, 11) is 0. The molecule has 5 aromatic carbocycles. The number of halogens is 1. The molecular formula is C43H45BrN2. The molecule has 0 bridgehead atoms. The van der Waals surface area contributed by atoms with Crippen molar-refractivity contribution >= 4 is 37.7 Å². The fraction of sp³-hybridized carbons (Fsp3) is 0.326. The van der Waals surface area contributed by atoms with E-state index in [0.717, 1.165) is 27.1 Å². The van der Waals surface area contributed by atoms with Crippen LogP contribution in [0.4, 0.5) is 0 Å². The molecule has 1 aliphatic rings. The van der Waals surface area contributed by atoms with Crippen molar-refractivity contribution in [3.05, 3.63) is 118 Å². The third-order valence-electron chi connectivity index (χ3n) is 10.9. The maximum Gasteiger partial charge on any atom is 0.145 e. The van der Waals surface area contributed by atoms with Crippen molar-refractivity contribution in [2.24, 2.45) is 0 Å². The monoisotopic (exact) mass is 668 g/mol. The Morgan fingerprint density at radius 3 is 1.98 bits per heavy atom. The average Bonchev–Trinajstić information content (AvgIpc) is 3.45. The van der Waals surface area contributed by atoms with Crippen LogP contribution in [0.2, 0.25) is 0 Å². The second kappa shape index (κ2) is 10.2. The number of fused-ring (bicyclic) bond motifs is 2. The van der Waals surface area contributed by atoms with E-state index < -0.39 is 0 Å². The van der Waals surface area contributed by atoms with Crippen molar-refractivity contribution in [2.45, 2.75) is 90.9 Å². The van der Waals surface area contributed by atoms with Crippen molar-refractivity contribution in [2.75, 3.05) is 0 Å². The third-order valence-corrected chi connectivity index (χ3v) is 11.4. The number of aromatic nitrogens is 2. The maximum absolute atomic E-state index is 5.57. The topological polar surface area (TPSA) is 17.8 Å². The zero-order valence-electron chi connectivity index (χ0n) is 28.9. The molecule has 0 N–H and O–H groups in total. The molecule has 0 atom stereocenters. The summed E-state index contributed by atoms with van der Waals surface area (Å²) in [4.78, 5) is 5.57. The Bertz CT molecular complexity index is 2170. The zero-order valence-corrected chi connectivity index (χ0v) is 30.5. The minimum absolute atomic E-state index is 0.00321. The van der Waals surface area contributed by atoms with Crippen LogP contribution in [0.5, 0.6) is 0 Å². The summed E-state index contributed by atoms with van der Waals surface area (Å²) in [5, 5.41) is 2.65. The number of benzene rings is 5. The number of nitrogens with zero attached hydrogens (tertiary/aromatic N) is 2. The zero-order chi connectivity index (χ0) is 33.0. The van der Waals surface area contributed by atoms with Crippen LogP contribution in [0, 0.1) is 0 Å². The minimum Gasteiger partial charge on any atom is -0.291 e. The summed E-state index contributed by atoms with van der Waals surface area (Å²) in [5.74, 6) is 0.962. The first-order chi connectivity index (χ1) is 21.5. The summed E-state index contributed by atoms with van der Waals surface area (Å²) in [6.07, 6.45) is 0. The molecule has 1 aliphatic carbocycles. The van der Waals surface area contributed by atoms with Crippen LogP contribution in [-0.4, -0.2) is 9.55 Å². The molecule has 0 fully saturated rings. The summed E-state index contributed by atoms with van der Waals surface area (Å²) in [5.41, 5.74) is 12.2. The molecule has 1 aromatic heterocycles. The highest BCUT2D eigenvalue weighted by Crippen LogP contribution is 2.56. The van der Waals surface area contributed by atoms with Gasteiger partial charge in [-0.2, -0.15) is 0 Å². The molecule has 46 heavy (non-hydrogen) atoms. The van der Waals surface area contributed by atoms with Gasteiger partial charge in [0.2, 0.25) is 0 Å². The lowest BCUT2D eigenvalue weighted by Crippen LogP contribution is -2.35. The SMILES string of the molecule is CC(C)(C)c1cc(Br)cc(-c2nc3cc4c5c(cccc5c3n2-c2ccc(C(C)(C)C)cc2-c2ccccc2)C(C)(C)C4(C)C)c1. The van der Waals surface area contributed by atoms with Gasteiger partial charge < -0.3 is 0 Å². The predicted octanol–water partition coefficient (Wildman–Crippen LogP) is 12.4. The van der Waals surface area contributed by atoms with Crippen LogP contribution < -0.4 is 0 Å². The molecular weight excluding hydrogens is 624 g/mol. The Morgan fingerprint density at radius 1 is 0.630 bits per heavy atom. The highest BCUT2D eigenvalue weighted by Gasteiger charge is 2.47. The van der Waals surface area contributed by atoms with Crippen LogP contribution in [-0.2, 0) is 21.7 Å². The van der Waals surface area contributed by atoms with Crippen LogP contribution in [0.15, 0.2) is 95.5 Å². The van der Waals surface area contributed by atoms with Crippen molar-refractivity contribution in [3.63, 3.8) is 0 Å². The molecule has 0 amide bonds. The van der Waals surface area contributed by atoms with Gasteiger partial charge in [-0.05, 0) is 91.3 Å². The first kappa shape index (κ1) is 30.9. The van der Waals surface area contributed by atoms with E-state index >= 15 is 0 Å². The smallest absolute Gasteiger partial charge is 0.145 e. The first-order valence-electron chi connectivity index (χ1n) is 16.5.